The summed E-state index contributed by atoms with van der Waals surface area (Å²) in [7, 11) is 0. The highest BCUT2D eigenvalue weighted by atomic mass is 19.4. The maximum atomic E-state index is 13.3. The summed E-state index contributed by atoms with van der Waals surface area (Å²) in [6, 6.07) is 17.9. The summed E-state index contributed by atoms with van der Waals surface area (Å²) in [5, 5.41) is 14.1. The molecule has 0 fully saturated rings. The smallest absolute Gasteiger partial charge is 0.430 e. The van der Waals surface area contributed by atoms with E-state index in [9.17, 15) is 22.8 Å². The lowest BCUT2D eigenvalue weighted by Crippen LogP contribution is -2.87. The molecule has 2 aromatic carbocycles. The van der Waals surface area contributed by atoms with Crippen LogP contribution in [0.5, 0.6) is 0 Å². The van der Waals surface area contributed by atoms with Crippen LogP contribution in [-0.2, 0) is 27.3 Å². The molecular formula is C31H36F3N5O4. The second-order valence-corrected chi connectivity index (χ2v) is 10.0. The predicted molar refractivity (Wildman–Crippen MR) is 154 cm³/mol. The number of unbranched alkanes of at least 4 members (excludes halogenated alkanes) is 2. The van der Waals surface area contributed by atoms with Gasteiger partial charge in [0.1, 0.15) is 30.2 Å². The van der Waals surface area contributed by atoms with Crippen molar-refractivity contribution in [2.75, 3.05) is 0 Å². The van der Waals surface area contributed by atoms with Gasteiger partial charge in [0.15, 0.2) is 5.70 Å². The van der Waals surface area contributed by atoms with Gasteiger partial charge >= 0.3 is 6.18 Å². The summed E-state index contributed by atoms with van der Waals surface area (Å²) in [5.74, 6) is -0.973. The number of aliphatic carboxylic acids is 1. The van der Waals surface area contributed by atoms with Gasteiger partial charge in [-0.2, -0.15) is 13.2 Å². The van der Waals surface area contributed by atoms with E-state index in [4.69, 9.17) is 14.9 Å². The number of imidazole rings is 1. The van der Waals surface area contributed by atoms with Gasteiger partial charge in [-0.05, 0) is 37.1 Å². The van der Waals surface area contributed by atoms with Gasteiger partial charge in [0.05, 0.1) is 17.2 Å². The molecule has 230 valence electrons. The first kappa shape index (κ1) is 33.2. The fourth-order valence-corrected chi connectivity index (χ4v) is 4.63. The van der Waals surface area contributed by atoms with Crippen LogP contribution in [0.1, 0.15) is 63.8 Å². The molecule has 0 bridgehead atoms. The Labute approximate surface area is 247 Å². The van der Waals surface area contributed by atoms with Crippen molar-refractivity contribution in [3.63, 3.8) is 0 Å². The van der Waals surface area contributed by atoms with E-state index in [1.54, 1.807) is 0 Å². The number of alkyl halides is 3. The van der Waals surface area contributed by atoms with Gasteiger partial charge in [-0.3, -0.25) is 14.9 Å². The number of carboxylic acid groups (broad SMARTS) is 1. The Hall–Kier alpha value is -4.32. The summed E-state index contributed by atoms with van der Waals surface area (Å²) in [5.41, 5.74) is 4.04. The number of aliphatic imine (C=N–C) groups is 1. The Balaban J connectivity index is 0.000000646. The number of nitrogens with zero attached hydrogens (tertiary/aromatic N) is 3. The van der Waals surface area contributed by atoms with E-state index in [2.05, 4.69) is 34.7 Å². The number of quaternary nitrogens is 1. The number of amides is 1. The summed E-state index contributed by atoms with van der Waals surface area (Å²) >= 11 is 0. The maximum Gasteiger partial charge on any atom is 0.430 e. The fourth-order valence-electron chi connectivity index (χ4n) is 4.63. The zero-order chi connectivity index (χ0) is 31.4. The molecule has 43 heavy (non-hydrogen) atoms. The number of hydrogen-bond donors (Lipinski definition) is 2. The van der Waals surface area contributed by atoms with Crippen molar-refractivity contribution < 1.29 is 38.0 Å². The van der Waals surface area contributed by atoms with E-state index in [0.717, 1.165) is 66.1 Å². The summed E-state index contributed by atoms with van der Waals surface area (Å²) in [4.78, 5) is 43.1. The van der Waals surface area contributed by atoms with E-state index in [1.165, 1.54) is 0 Å². The van der Waals surface area contributed by atoms with E-state index in [0.29, 0.717) is 18.6 Å². The number of carboxylic acids is 1. The van der Waals surface area contributed by atoms with Crippen LogP contribution < -0.4 is 15.7 Å². The molecule has 4 rings (SSSR count). The van der Waals surface area contributed by atoms with Crippen LogP contribution in [-0.4, -0.2) is 45.3 Å². The number of aryl methyl sites for hydroxylation is 1. The third-order valence-corrected chi connectivity index (χ3v) is 6.88. The number of fused-ring (bicyclic) bond motifs is 1. The minimum atomic E-state index is -5.19. The Morgan fingerprint density at radius 2 is 1.67 bits per heavy atom. The lowest BCUT2D eigenvalue weighted by atomic mass is 10.0. The molecule has 2 heterocycles. The number of nitrogens with one attached hydrogen (secondary N) is 1. The highest BCUT2D eigenvalue weighted by Crippen LogP contribution is 2.17. The number of Topliss-reactive ketones (excluding diaryl/α,β-unsaturated/α-hetero) is 1. The number of amidine groups is 1. The second kappa shape index (κ2) is 15.8. The molecular weight excluding hydrogens is 563 g/mol. The van der Waals surface area contributed by atoms with Gasteiger partial charge in [-0.15, -0.1) is 0 Å². The lowest BCUT2D eigenvalue weighted by molar-refractivity contribution is -0.434. The highest BCUT2D eigenvalue weighted by Gasteiger charge is 2.29. The minimum Gasteiger partial charge on any atom is -0.542 e. The SMILES string of the molecule is CCC(=O)CCCCC[C@H](NC(=O)Cn1c(CC)nc2ccccc21)C1=NC=C(c2ccccc2)[NH2+]1.O=C([O-])C(F)(F)F. The zero-order valence-corrected chi connectivity index (χ0v) is 24.2. The molecule has 0 unspecified atom stereocenters. The molecule has 3 N–H and O–H groups in total. The molecule has 1 aliphatic heterocycles. The number of carbonyl (C=O) groups is 3. The Kier molecular flexibility index (Phi) is 12.2. The van der Waals surface area contributed by atoms with E-state index in [-0.39, 0.29) is 18.5 Å². The van der Waals surface area contributed by atoms with Crippen LogP contribution >= 0.6 is 0 Å². The average molecular weight is 600 g/mol. The van der Waals surface area contributed by atoms with E-state index in [1.807, 2.05) is 60.2 Å². The van der Waals surface area contributed by atoms with Crippen molar-refractivity contribution in [1.29, 1.82) is 0 Å². The Morgan fingerprint density at radius 3 is 2.33 bits per heavy atom. The van der Waals surface area contributed by atoms with Crippen LogP contribution in [0, 0.1) is 0 Å². The molecule has 9 nitrogen and oxygen atoms in total. The predicted octanol–water partition coefficient (Wildman–Crippen LogP) is 3.29. The topological polar surface area (TPSA) is 133 Å². The number of carbonyl (C=O) groups excluding carboxylic acids is 3. The number of halogens is 3. The number of benzene rings is 2. The van der Waals surface area contributed by atoms with E-state index >= 15 is 0 Å². The largest absolute Gasteiger partial charge is 0.542 e. The van der Waals surface area contributed by atoms with Gasteiger partial charge < -0.3 is 19.8 Å². The van der Waals surface area contributed by atoms with Crippen LogP contribution in [0.2, 0.25) is 0 Å². The molecule has 3 aromatic rings. The third-order valence-electron chi connectivity index (χ3n) is 6.88. The van der Waals surface area contributed by atoms with Crippen LogP contribution in [0.15, 0.2) is 65.8 Å². The Morgan fingerprint density at radius 1 is 1.00 bits per heavy atom. The number of ketones is 1. The van der Waals surface area contributed by atoms with Crippen molar-refractivity contribution in [1.82, 2.24) is 14.9 Å². The standard InChI is InChI=1S/C29H35N5O2.C2HF3O2/c1-3-22(35)15-9-6-10-17-24(29-30-19-25(33-29)21-13-7-5-8-14-21)32-28(36)20-34-26-18-12-11-16-23(26)31-27(34)4-2;3-2(4,5)1(6)7/h5,7-8,11-14,16,18-19,24H,3-4,6,9-10,15,17,20H2,1-2H3,(H,30,33)(H,32,36);(H,6,7)/t24-;/m0./s1. The van der Waals surface area contributed by atoms with Crippen molar-refractivity contribution in [3.8, 4) is 0 Å². The van der Waals surface area contributed by atoms with Gasteiger partial charge in [-0.1, -0.05) is 57.0 Å². The van der Waals surface area contributed by atoms with Crippen molar-refractivity contribution in [2.45, 2.75) is 77.6 Å². The molecule has 1 amide bonds. The number of rotatable bonds is 13. The minimum absolute atomic E-state index is 0.0525. The van der Waals surface area contributed by atoms with Crippen LogP contribution in [0.25, 0.3) is 16.7 Å². The van der Waals surface area contributed by atoms with Gasteiger partial charge in [0, 0.05) is 24.8 Å². The van der Waals surface area contributed by atoms with Crippen molar-refractivity contribution >= 4 is 40.2 Å². The molecule has 12 heteroatoms. The molecule has 1 aromatic heterocycles. The Bertz CT molecular complexity index is 1470. The quantitative estimate of drug-likeness (QED) is 0.291. The normalized spacial score (nSPS) is 13.5. The first-order valence-electron chi connectivity index (χ1n) is 14.2. The van der Waals surface area contributed by atoms with Crippen molar-refractivity contribution in [3.05, 3.63) is 72.2 Å². The number of para-hydroxylation sites is 2. The molecule has 0 saturated heterocycles. The first-order valence-corrected chi connectivity index (χ1v) is 14.2. The molecule has 0 aliphatic carbocycles. The summed E-state index contributed by atoms with van der Waals surface area (Å²) in [6.07, 6.45) is 2.21. The lowest BCUT2D eigenvalue weighted by Gasteiger charge is -2.18. The summed E-state index contributed by atoms with van der Waals surface area (Å²) in [6.45, 7) is 4.19. The summed E-state index contributed by atoms with van der Waals surface area (Å²) < 4.78 is 33.6. The monoisotopic (exact) mass is 599 g/mol. The molecule has 0 radical (unpaired) electrons. The number of aromatic nitrogens is 2. The van der Waals surface area contributed by atoms with Gasteiger partial charge in [-0.25, -0.2) is 9.98 Å². The van der Waals surface area contributed by atoms with Crippen LogP contribution in [0.3, 0.4) is 0 Å². The van der Waals surface area contributed by atoms with E-state index < -0.39 is 12.1 Å². The molecule has 0 spiro atoms. The first-order chi connectivity index (χ1) is 20.5. The fraction of sp³-hybridized carbons (Fsp3) is 0.387. The average Bonchev–Trinajstić information content (AvgIpc) is 3.62. The van der Waals surface area contributed by atoms with Crippen molar-refractivity contribution in [2.24, 2.45) is 4.99 Å². The number of hydrogen-bond acceptors (Lipinski definition) is 6. The zero-order valence-electron chi connectivity index (χ0n) is 24.2. The number of nitrogens with two attached hydrogens (primary N) is 1. The highest BCUT2D eigenvalue weighted by molar-refractivity contribution is 5.90. The molecule has 1 aliphatic rings. The molecule has 0 saturated carbocycles. The third kappa shape index (κ3) is 9.88. The molecule has 1 atom stereocenters. The van der Waals surface area contributed by atoms with Gasteiger partial charge in [0.25, 0.3) is 0 Å². The van der Waals surface area contributed by atoms with Gasteiger partial charge in [0.2, 0.25) is 11.7 Å². The maximum absolute atomic E-state index is 13.3. The second-order valence-electron chi connectivity index (χ2n) is 10.0. The van der Waals surface area contributed by atoms with Crippen LogP contribution in [0.4, 0.5) is 13.2 Å².